The molecule has 0 amide bonds. The lowest BCUT2D eigenvalue weighted by Gasteiger charge is -2.32. The van der Waals surface area contributed by atoms with Crippen LogP contribution in [0.25, 0.3) is 0 Å². The average Bonchev–Trinajstić information content (AvgIpc) is 2.42. The van der Waals surface area contributed by atoms with Gasteiger partial charge in [0.1, 0.15) is 0 Å². The summed E-state index contributed by atoms with van der Waals surface area (Å²) in [6, 6.07) is 9.03. The molecular formula is C14H22BrN3. The van der Waals surface area contributed by atoms with Gasteiger partial charge in [-0.05, 0) is 37.6 Å². The molecule has 3 nitrogen and oxygen atoms in total. The summed E-state index contributed by atoms with van der Waals surface area (Å²) in [5.74, 6) is 0. The van der Waals surface area contributed by atoms with Gasteiger partial charge in [-0.25, -0.2) is 0 Å². The highest BCUT2D eigenvalue weighted by molar-refractivity contribution is 9.10. The molecular weight excluding hydrogens is 290 g/mol. The molecule has 1 unspecified atom stereocenters. The van der Waals surface area contributed by atoms with Crippen molar-refractivity contribution < 1.29 is 0 Å². The SMILES string of the molecule is CC(CCNc1ccc(Br)cc1)N1CCNCC1. The van der Waals surface area contributed by atoms with E-state index in [4.69, 9.17) is 0 Å². The summed E-state index contributed by atoms with van der Waals surface area (Å²) >= 11 is 3.45. The Morgan fingerprint density at radius 1 is 1.28 bits per heavy atom. The summed E-state index contributed by atoms with van der Waals surface area (Å²) in [7, 11) is 0. The van der Waals surface area contributed by atoms with Gasteiger partial charge in [0, 0.05) is 48.9 Å². The summed E-state index contributed by atoms with van der Waals surface area (Å²) in [4.78, 5) is 2.57. The van der Waals surface area contributed by atoms with Crippen molar-refractivity contribution in [3.8, 4) is 0 Å². The minimum absolute atomic E-state index is 0.662. The van der Waals surface area contributed by atoms with E-state index >= 15 is 0 Å². The molecule has 1 atom stereocenters. The smallest absolute Gasteiger partial charge is 0.0340 e. The minimum atomic E-state index is 0.662. The maximum absolute atomic E-state index is 3.48. The Hall–Kier alpha value is -0.580. The second-order valence-corrected chi connectivity index (χ2v) is 5.77. The molecule has 1 fully saturated rings. The summed E-state index contributed by atoms with van der Waals surface area (Å²) < 4.78 is 1.13. The van der Waals surface area contributed by atoms with Crippen LogP contribution in [-0.2, 0) is 0 Å². The van der Waals surface area contributed by atoms with E-state index in [1.807, 2.05) is 0 Å². The number of nitrogens with one attached hydrogen (secondary N) is 2. The normalized spacial score (nSPS) is 18.6. The number of benzene rings is 1. The van der Waals surface area contributed by atoms with Gasteiger partial charge in [-0.1, -0.05) is 15.9 Å². The average molecular weight is 312 g/mol. The minimum Gasteiger partial charge on any atom is -0.385 e. The second-order valence-electron chi connectivity index (χ2n) is 4.86. The molecule has 1 heterocycles. The van der Waals surface area contributed by atoms with E-state index in [9.17, 15) is 0 Å². The summed E-state index contributed by atoms with van der Waals surface area (Å²) in [5, 5.41) is 6.87. The van der Waals surface area contributed by atoms with Gasteiger partial charge in [0.15, 0.2) is 0 Å². The summed E-state index contributed by atoms with van der Waals surface area (Å²) in [5.41, 5.74) is 1.20. The third-order valence-corrected chi connectivity index (χ3v) is 4.04. The Labute approximate surface area is 118 Å². The van der Waals surface area contributed by atoms with Crippen molar-refractivity contribution >= 4 is 21.6 Å². The van der Waals surface area contributed by atoms with E-state index in [1.54, 1.807) is 0 Å². The number of hydrogen-bond donors (Lipinski definition) is 2. The molecule has 1 aliphatic heterocycles. The number of anilines is 1. The first-order valence-corrected chi connectivity index (χ1v) is 7.49. The zero-order valence-corrected chi connectivity index (χ0v) is 12.5. The molecule has 0 radical (unpaired) electrons. The van der Waals surface area contributed by atoms with Gasteiger partial charge in [0.05, 0.1) is 0 Å². The molecule has 2 N–H and O–H groups in total. The lowest BCUT2D eigenvalue weighted by Crippen LogP contribution is -2.47. The predicted octanol–water partition coefficient (Wildman–Crippen LogP) is 2.54. The van der Waals surface area contributed by atoms with Crippen molar-refractivity contribution in [2.75, 3.05) is 38.0 Å². The second kappa shape index (κ2) is 7.12. The Bertz CT molecular complexity index is 347. The van der Waals surface area contributed by atoms with Gasteiger partial charge in [-0.2, -0.15) is 0 Å². The fourth-order valence-electron chi connectivity index (χ4n) is 2.30. The lowest BCUT2D eigenvalue weighted by atomic mass is 10.1. The van der Waals surface area contributed by atoms with E-state index in [0.29, 0.717) is 6.04 Å². The maximum atomic E-state index is 3.48. The van der Waals surface area contributed by atoms with Crippen LogP contribution >= 0.6 is 15.9 Å². The topological polar surface area (TPSA) is 27.3 Å². The van der Waals surface area contributed by atoms with Gasteiger partial charge < -0.3 is 10.6 Å². The van der Waals surface area contributed by atoms with Crippen LogP contribution < -0.4 is 10.6 Å². The fraction of sp³-hybridized carbons (Fsp3) is 0.571. The zero-order valence-electron chi connectivity index (χ0n) is 11.0. The number of nitrogens with zero attached hydrogens (tertiary/aromatic N) is 1. The quantitative estimate of drug-likeness (QED) is 0.875. The van der Waals surface area contributed by atoms with Crippen LogP contribution in [0.1, 0.15) is 13.3 Å². The van der Waals surface area contributed by atoms with Gasteiger partial charge in [0.25, 0.3) is 0 Å². The third-order valence-electron chi connectivity index (χ3n) is 3.51. The molecule has 0 aromatic heterocycles. The Kier molecular flexibility index (Phi) is 5.47. The van der Waals surface area contributed by atoms with Crippen LogP contribution in [0.2, 0.25) is 0 Å². The lowest BCUT2D eigenvalue weighted by molar-refractivity contribution is 0.179. The highest BCUT2D eigenvalue weighted by atomic mass is 79.9. The van der Waals surface area contributed by atoms with Crippen molar-refractivity contribution in [3.63, 3.8) is 0 Å². The van der Waals surface area contributed by atoms with Crippen molar-refractivity contribution in [2.24, 2.45) is 0 Å². The van der Waals surface area contributed by atoms with Crippen molar-refractivity contribution in [1.29, 1.82) is 0 Å². The number of hydrogen-bond acceptors (Lipinski definition) is 3. The largest absolute Gasteiger partial charge is 0.385 e. The monoisotopic (exact) mass is 311 g/mol. The highest BCUT2D eigenvalue weighted by Crippen LogP contribution is 2.14. The summed E-state index contributed by atoms with van der Waals surface area (Å²) in [6.07, 6.45) is 1.19. The van der Waals surface area contributed by atoms with Crippen LogP contribution in [0.3, 0.4) is 0 Å². The molecule has 100 valence electrons. The molecule has 0 saturated carbocycles. The molecule has 1 aromatic carbocycles. The van der Waals surface area contributed by atoms with E-state index in [1.165, 1.54) is 25.2 Å². The van der Waals surface area contributed by atoms with E-state index in [-0.39, 0.29) is 0 Å². The van der Waals surface area contributed by atoms with Gasteiger partial charge >= 0.3 is 0 Å². The molecule has 0 bridgehead atoms. The first-order chi connectivity index (χ1) is 8.75. The molecule has 0 aliphatic carbocycles. The first kappa shape index (κ1) is 13.8. The van der Waals surface area contributed by atoms with E-state index in [0.717, 1.165) is 24.1 Å². The van der Waals surface area contributed by atoms with Gasteiger partial charge in [-0.15, -0.1) is 0 Å². The predicted molar refractivity (Wildman–Crippen MR) is 81.2 cm³/mol. The van der Waals surface area contributed by atoms with Crippen LogP contribution in [0.15, 0.2) is 28.7 Å². The fourth-order valence-corrected chi connectivity index (χ4v) is 2.56. The first-order valence-electron chi connectivity index (χ1n) is 6.70. The van der Waals surface area contributed by atoms with Crippen LogP contribution in [0.4, 0.5) is 5.69 Å². The van der Waals surface area contributed by atoms with Crippen molar-refractivity contribution in [1.82, 2.24) is 10.2 Å². The van der Waals surface area contributed by atoms with Crippen LogP contribution in [0.5, 0.6) is 0 Å². The van der Waals surface area contributed by atoms with E-state index < -0.39 is 0 Å². The molecule has 18 heavy (non-hydrogen) atoms. The maximum Gasteiger partial charge on any atom is 0.0340 e. The molecule has 2 rings (SSSR count). The van der Waals surface area contributed by atoms with Crippen molar-refractivity contribution in [2.45, 2.75) is 19.4 Å². The molecule has 1 aliphatic rings. The standard InChI is InChI=1S/C14H22BrN3/c1-12(18-10-8-16-9-11-18)6-7-17-14-4-2-13(15)3-5-14/h2-5,12,16-17H,6-11H2,1H3. The Morgan fingerprint density at radius 2 is 1.94 bits per heavy atom. The number of halogens is 1. The molecule has 1 saturated heterocycles. The van der Waals surface area contributed by atoms with Crippen molar-refractivity contribution in [3.05, 3.63) is 28.7 Å². The van der Waals surface area contributed by atoms with Gasteiger partial charge in [-0.3, -0.25) is 4.90 Å². The highest BCUT2D eigenvalue weighted by Gasteiger charge is 2.15. The van der Waals surface area contributed by atoms with Crippen LogP contribution in [0, 0.1) is 0 Å². The van der Waals surface area contributed by atoms with Crippen LogP contribution in [-0.4, -0.2) is 43.7 Å². The molecule has 0 spiro atoms. The van der Waals surface area contributed by atoms with E-state index in [2.05, 4.69) is 62.7 Å². The number of rotatable bonds is 5. The molecule has 1 aromatic rings. The summed E-state index contributed by atoms with van der Waals surface area (Å²) in [6.45, 7) is 7.98. The van der Waals surface area contributed by atoms with Gasteiger partial charge in [0.2, 0.25) is 0 Å². The molecule has 4 heteroatoms. The Balaban J connectivity index is 1.69. The zero-order chi connectivity index (χ0) is 12.8. The number of piperazine rings is 1. The third kappa shape index (κ3) is 4.26. The Morgan fingerprint density at radius 3 is 2.61 bits per heavy atom.